The molecule has 22 heavy (non-hydrogen) atoms. The third kappa shape index (κ3) is 3.72. The molecule has 6 nitrogen and oxygen atoms in total. The Balaban J connectivity index is 2.25. The Hall–Kier alpha value is -2.63. The molecule has 1 aromatic carbocycles. The predicted octanol–water partition coefficient (Wildman–Crippen LogP) is 2.95. The molecule has 0 aliphatic rings. The maximum atomic E-state index is 5.38. The largest absolute Gasteiger partial charge is 0.497 e. The first kappa shape index (κ1) is 15.8. The van der Waals surface area contributed by atoms with E-state index in [1.807, 2.05) is 45.0 Å². The molecule has 116 valence electrons. The molecule has 0 spiro atoms. The predicted molar refractivity (Wildman–Crippen MR) is 86.9 cm³/mol. The van der Waals surface area contributed by atoms with Crippen LogP contribution >= 0.6 is 0 Å². The summed E-state index contributed by atoms with van der Waals surface area (Å²) in [5.41, 5.74) is 6.31. The van der Waals surface area contributed by atoms with Gasteiger partial charge in [0.1, 0.15) is 11.5 Å². The van der Waals surface area contributed by atoms with Gasteiger partial charge < -0.3 is 9.47 Å². The minimum absolute atomic E-state index is 0.476. The molecule has 0 radical (unpaired) electrons. The van der Waals surface area contributed by atoms with Crippen molar-refractivity contribution in [2.45, 2.75) is 20.8 Å². The van der Waals surface area contributed by atoms with Gasteiger partial charge in [0.15, 0.2) is 0 Å². The van der Waals surface area contributed by atoms with Crippen molar-refractivity contribution in [3.05, 3.63) is 41.2 Å². The molecule has 0 fully saturated rings. The van der Waals surface area contributed by atoms with Crippen molar-refractivity contribution in [1.29, 1.82) is 0 Å². The SMILES string of the molecule is COc1ccc(C(C)=NNc2nc(C)cc(C)n2)c(OC)c1. The molecule has 0 saturated heterocycles. The lowest BCUT2D eigenvalue weighted by Crippen LogP contribution is -2.05. The summed E-state index contributed by atoms with van der Waals surface area (Å²) < 4.78 is 10.6. The van der Waals surface area contributed by atoms with Gasteiger partial charge in [0, 0.05) is 23.0 Å². The normalized spacial score (nSPS) is 11.2. The molecular weight excluding hydrogens is 280 g/mol. The third-order valence-electron chi connectivity index (χ3n) is 3.10. The van der Waals surface area contributed by atoms with E-state index in [0.717, 1.165) is 28.4 Å². The number of nitrogens with one attached hydrogen (secondary N) is 1. The summed E-state index contributed by atoms with van der Waals surface area (Å²) in [7, 11) is 3.24. The molecule has 0 saturated carbocycles. The highest BCUT2D eigenvalue weighted by atomic mass is 16.5. The van der Waals surface area contributed by atoms with Crippen molar-refractivity contribution in [2.24, 2.45) is 5.10 Å². The van der Waals surface area contributed by atoms with E-state index >= 15 is 0 Å². The minimum atomic E-state index is 0.476. The van der Waals surface area contributed by atoms with Crippen LogP contribution in [0, 0.1) is 13.8 Å². The lowest BCUT2D eigenvalue weighted by atomic mass is 10.1. The Morgan fingerprint density at radius 2 is 1.73 bits per heavy atom. The number of benzene rings is 1. The number of aromatic nitrogens is 2. The highest BCUT2D eigenvalue weighted by molar-refractivity contribution is 6.01. The standard InChI is InChI=1S/C16H20N4O2/c1-10-8-11(2)18-16(17-10)20-19-12(3)14-7-6-13(21-4)9-15(14)22-5/h6-9H,1-5H3,(H,17,18,20). The number of ether oxygens (including phenoxy) is 2. The molecule has 1 N–H and O–H groups in total. The number of hydrogen-bond donors (Lipinski definition) is 1. The van der Waals surface area contributed by atoms with Gasteiger partial charge in [-0.2, -0.15) is 5.10 Å². The van der Waals surface area contributed by atoms with Crippen LogP contribution in [-0.4, -0.2) is 29.9 Å². The molecule has 0 atom stereocenters. The first-order valence-corrected chi connectivity index (χ1v) is 6.88. The van der Waals surface area contributed by atoms with E-state index in [1.54, 1.807) is 14.2 Å². The van der Waals surface area contributed by atoms with E-state index in [0.29, 0.717) is 11.7 Å². The monoisotopic (exact) mass is 300 g/mol. The zero-order chi connectivity index (χ0) is 16.1. The zero-order valence-electron chi connectivity index (χ0n) is 13.5. The lowest BCUT2D eigenvalue weighted by Gasteiger charge is -2.10. The van der Waals surface area contributed by atoms with Crippen LogP contribution < -0.4 is 14.9 Å². The lowest BCUT2D eigenvalue weighted by molar-refractivity contribution is 0.394. The second kappa shape index (κ2) is 6.89. The van der Waals surface area contributed by atoms with Crippen LogP contribution in [0.4, 0.5) is 5.95 Å². The molecule has 0 bridgehead atoms. The minimum Gasteiger partial charge on any atom is -0.497 e. The molecule has 1 heterocycles. The molecule has 0 amide bonds. The van der Waals surface area contributed by atoms with Crippen LogP contribution in [0.5, 0.6) is 11.5 Å². The van der Waals surface area contributed by atoms with Gasteiger partial charge in [-0.3, -0.25) is 0 Å². The molecule has 0 unspecified atom stereocenters. The van der Waals surface area contributed by atoms with Gasteiger partial charge in [-0.05, 0) is 39.0 Å². The highest BCUT2D eigenvalue weighted by Gasteiger charge is 2.08. The zero-order valence-corrected chi connectivity index (χ0v) is 13.5. The van der Waals surface area contributed by atoms with E-state index in [4.69, 9.17) is 9.47 Å². The van der Waals surface area contributed by atoms with Crippen LogP contribution in [0.15, 0.2) is 29.4 Å². The molecule has 1 aromatic heterocycles. The van der Waals surface area contributed by atoms with Gasteiger partial charge in [-0.1, -0.05) is 0 Å². The fraction of sp³-hybridized carbons (Fsp3) is 0.312. The van der Waals surface area contributed by atoms with Crippen molar-refractivity contribution in [2.75, 3.05) is 19.6 Å². The Kier molecular flexibility index (Phi) is 4.93. The fourth-order valence-electron chi connectivity index (χ4n) is 2.07. The van der Waals surface area contributed by atoms with Gasteiger partial charge in [0.2, 0.25) is 5.95 Å². The van der Waals surface area contributed by atoms with Crippen LogP contribution in [0.3, 0.4) is 0 Å². The first-order chi connectivity index (χ1) is 10.5. The van der Waals surface area contributed by atoms with Gasteiger partial charge in [0.25, 0.3) is 0 Å². The topological polar surface area (TPSA) is 68.6 Å². The van der Waals surface area contributed by atoms with Gasteiger partial charge >= 0.3 is 0 Å². The summed E-state index contributed by atoms with van der Waals surface area (Å²) in [6.45, 7) is 5.73. The smallest absolute Gasteiger partial charge is 0.243 e. The van der Waals surface area contributed by atoms with E-state index in [-0.39, 0.29) is 0 Å². The maximum absolute atomic E-state index is 5.38. The molecule has 2 rings (SSSR count). The molecule has 6 heteroatoms. The van der Waals surface area contributed by atoms with Gasteiger partial charge in [-0.25, -0.2) is 15.4 Å². The summed E-state index contributed by atoms with van der Waals surface area (Å²) >= 11 is 0. The number of hydrazone groups is 1. The second-order valence-corrected chi connectivity index (χ2v) is 4.85. The summed E-state index contributed by atoms with van der Waals surface area (Å²) in [6, 6.07) is 7.50. The van der Waals surface area contributed by atoms with E-state index in [2.05, 4.69) is 20.5 Å². The number of nitrogens with zero attached hydrogens (tertiary/aromatic N) is 3. The Bertz CT molecular complexity index is 678. The Morgan fingerprint density at radius 3 is 2.32 bits per heavy atom. The van der Waals surface area contributed by atoms with E-state index in [1.165, 1.54) is 0 Å². The third-order valence-corrected chi connectivity index (χ3v) is 3.10. The second-order valence-electron chi connectivity index (χ2n) is 4.85. The van der Waals surface area contributed by atoms with Crippen LogP contribution in [-0.2, 0) is 0 Å². The Labute approximate surface area is 130 Å². The summed E-state index contributed by atoms with van der Waals surface area (Å²) in [5.74, 6) is 1.91. The fourth-order valence-corrected chi connectivity index (χ4v) is 2.07. The number of rotatable bonds is 5. The average molecular weight is 300 g/mol. The van der Waals surface area contributed by atoms with Crippen molar-refractivity contribution < 1.29 is 9.47 Å². The molecule has 2 aromatic rings. The molecular formula is C16H20N4O2. The highest BCUT2D eigenvalue weighted by Crippen LogP contribution is 2.25. The number of anilines is 1. The van der Waals surface area contributed by atoms with Crippen LogP contribution in [0.1, 0.15) is 23.9 Å². The summed E-state index contributed by atoms with van der Waals surface area (Å²) in [4.78, 5) is 8.58. The maximum Gasteiger partial charge on any atom is 0.243 e. The number of aryl methyl sites for hydroxylation is 2. The van der Waals surface area contributed by atoms with Crippen molar-refractivity contribution >= 4 is 11.7 Å². The summed E-state index contributed by atoms with van der Waals surface area (Å²) in [6.07, 6.45) is 0. The average Bonchev–Trinajstić information content (AvgIpc) is 2.51. The molecule has 0 aliphatic heterocycles. The number of methoxy groups -OCH3 is 2. The van der Waals surface area contributed by atoms with Crippen molar-refractivity contribution in [1.82, 2.24) is 9.97 Å². The van der Waals surface area contributed by atoms with Crippen molar-refractivity contribution in [3.63, 3.8) is 0 Å². The van der Waals surface area contributed by atoms with Gasteiger partial charge in [-0.15, -0.1) is 0 Å². The summed E-state index contributed by atoms with van der Waals surface area (Å²) in [5, 5.41) is 4.33. The first-order valence-electron chi connectivity index (χ1n) is 6.88. The quantitative estimate of drug-likeness (QED) is 0.679. The number of hydrogen-bond acceptors (Lipinski definition) is 6. The van der Waals surface area contributed by atoms with Crippen molar-refractivity contribution in [3.8, 4) is 11.5 Å². The van der Waals surface area contributed by atoms with Crippen LogP contribution in [0.2, 0.25) is 0 Å². The van der Waals surface area contributed by atoms with E-state index in [9.17, 15) is 0 Å². The van der Waals surface area contributed by atoms with Crippen LogP contribution in [0.25, 0.3) is 0 Å². The van der Waals surface area contributed by atoms with E-state index < -0.39 is 0 Å². The Morgan fingerprint density at radius 1 is 1.05 bits per heavy atom. The van der Waals surface area contributed by atoms with Gasteiger partial charge in [0.05, 0.1) is 19.9 Å². The molecule has 0 aliphatic carbocycles.